The van der Waals surface area contributed by atoms with Gasteiger partial charge < -0.3 is 21.0 Å². The summed E-state index contributed by atoms with van der Waals surface area (Å²) in [4.78, 5) is 9.17. The third-order valence-electron chi connectivity index (χ3n) is 6.48. The number of nitrogen functional groups attached to an aromatic ring is 1. The zero-order valence-electron chi connectivity index (χ0n) is 22.8. The van der Waals surface area contributed by atoms with Crippen LogP contribution in [0.4, 0.5) is 0 Å². The Morgan fingerprint density at radius 2 is 1.71 bits per heavy atom. The summed E-state index contributed by atoms with van der Waals surface area (Å²) < 4.78 is 1.56. The fourth-order valence-electron chi connectivity index (χ4n) is 4.49. The number of likely N-dealkylation sites (tertiary alicyclic amines) is 2. The van der Waals surface area contributed by atoms with Gasteiger partial charge in [-0.05, 0) is 37.5 Å². The van der Waals surface area contributed by atoms with E-state index in [2.05, 4.69) is 48.0 Å². The second-order valence-electron chi connectivity index (χ2n) is 7.99. The van der Waals surface area contributed by atoms with Crippen molar-refractivity contribution in [1.29, 1.82) is 0 Å². The molecule has 3 N–H and O–H groups in total. The van der Waals surface area contributed by atoms with Crippen molar-refractivity contribution in [2.75, 3.05) is 26.0 Å². The monoisotopic (exact) mass is 478 g/mol. The van der Waals surface area contributed by atoms with Crippen molar-refractivity contribution in [2.45, 2.75) is 54.0 Å². The smallest absolute Gasteiger partial charge is 0.148 e. The predicted molar refractivity (Wildman–Crippen MR) is 153 cm³/mol. The zero-order chi connectivity index (χ0) is 26.8. The van der Waals surface area contributed by atoms with Crippen molar-refractivity contribution in [3.63, 3.8) is 0 Å². The van der Waals surface area contributed by atoms with Crippen molar-refractivity contribution in [1.82, 2.24) is 24.8 Å². The highest BCUT2D eigenvalue weighted by atomic mass is 15.3. The normalized spacial score (nSPS) is 18.5. The fourth-order valence-corrected chi connectivity index (χ4v) is 4.49. The van der Waals surface area contributed by atoms with Gasteiger partial charge in [-0.1, -0.05) is 78.8 Å². The first kappa shape index (κ1) is 29.6. The van der Waals surface area contributed by atoms with Crippen molar-refractivity contribution < 1.29 is 0 Å². The lowest BCUT2D eigenvalue weighted by Gasteiger charge is -2.42. The Bertz CT molecular complexity index is 1080. The van der Waals surface area contributed by atoms with Crippen molar-refractivity contribution >= 4 is 12.7 Å². The highest BCUT2D eigenvalue weighted by molar-refractivity contribution is 5.50. The van der Waals surface area contributed by atoms with Gasteiger partial charge in [0.15, 0.2) is 0 Å². The molecule has 1 aromatic rings. The lowest BCUT2D eigenvalue weighted by atomic mass is 9.72. The molecule has 0 atom stereocenters. The van der Waals surface area contributed by atoms with Crippen LogP contribution in [-0.2, 0) is 6.54 Å². The second kappa shape index (κ2) is 13.5. The van der Waals surface area contributed by atoms with Crippen molar-refractivity contribution in [3.05, 3.63) is 89.9 Å². The largest absolute Gasteiger partial charge is 0.375 e. The van der Waals surface area contributed by atoms with Crippen LogP contribution in [0.15, 0.2) is 73.4 Å². The van der Waals surface area contributed by atoms with E-state index in [4.69, 9.17) is 10.8 Å². The van der Waals surface area contributed by atoms with Crippen molar-refractivity contribution in [3.8, 4) is 0 Å². The molecule has 3 rings (SSSR count). The fraction of sp³-hybridized carbons (Fsp3) is 0.414. The van der Waals surface area contributed by atoms with E-state index in [1.165, 1.54) is 0 Å². The molecule has 0 saturated carbocycles. The number of rotatable bonds is 6. The summed E-state index contributed by atoms with van der Waals surface area (Å²) in [5.41, 5.74) is 2.96. The molecule has 6 nitrogen and oxygen atoms in total. The van der Waals surface area contributed by atoms with Crippen LogP contribution in [0.3, 0.4) is 0 Å². The van der Waals surface area contributed by atoms with Gasteiger partial charge in [0, 0.05) is 36.9 Å². The van der Waals surface area contributed by atoms with Crippen LogP contribution < -0.4 is 21.9 Å². The van der Waals surface area contributed by atoms with Crippen molar-refractivity contribution in [2.24, 2.45) is 5.41 Å². The molecule has 2 saturated heterocycles. The maximum Gasteiger partial charge on any atom is 0.148 e. The van der Waals surface area contributed by atoms with Gasteiger partial charge >= 0.3 is 0 Å². The first-order chi connectivity index (χ1) is 16.8. The summed E-state index contributed by atoms with van der Waals surface area (Å²) in [6, 6.07) is 0. The Hall–Kier alpha value is -3.41. The molecule has 6 heteroatoms. The molecule has 0 radical (unpaired) electrons. The average molecular weight is 479 g/mol. The van der Waals surface area contributed by atoms with Gasteiger partial charge in [-0.2, -0.15) is 0 Å². The van der Waals surface area contributed by atoms with E-state index in [-0.39, 0.29) is 5.41 Å². The molecule has 2 aliphatic rings. The molecule has 0 bridgehead atoms. The van der Waals surface area contributed by atoms with E-state index in [1.807, 2.05) is 66.0 Å². The Balaban J connectivity index is 0.00000145. The third-order valence-corrected chi connectivity index (χ3v) is 6.48. The standard InChI is InChI=1S/C25H34N6.2C2H6/c1-8-10-12-22-19(4)31(26)24(28-22)17-30-20(5)25(18(3)23(30)11-9-2)13-15-29(16-14-25)21(6)27-7;2*1-2/h8-12,27H,2-6,13-17,26H2,1,7H3;2*1-2H3/b10-8-,22-12+,23-11+;;. The number of hydrogen-bond donors (Lipinski definition) is 2. The number of allylic oxidation sites excluding steroid dienone is 6. The Morgan fingerprint density at radius 3 is 2.23 bits per heavy atom. The van der Waals surface area contributed by atoms with Crippen LogP contribution in [0.25, 0.3) is 12.7 Å². The molecule has 0 amide bonds. The number of nitrogens with zero attached hydrogens (tertiary/aromatic N) is 4. The molecule has 1 aromatic heterocycles. The van der Waals surface area contributed by atoms with Crippen LogP contribution in [0, 0.1) is 5.41 Å². The van der Waals surface area contributed by atoms with Gasteiger partial charge in [0.05, 0.1) is 23.1 Å². The van der Waals surface area contributed by atoms with E-state index in [0.717, 1.165) is 59.9 Å². The van der Waals surface area contributed by atoms with Crippen LogP contribution in [0.2, 0.25) is 0 Å². The van der Waals surface area contributed by atoms with Crippen LogP contribution in [0.1, 0.15) is 53.3 Å². The van der Waals surface area contributed by atoms with E-state index < -0.39 is 0 Å². The molecular formula is C29H46N6. The molecule has 1 spiro atoms. The van der Waals surface area contributed by atoms with Crippen LogP contribution in [0.5, 0.6) is 0 Å². The van der Waals surface area contributed by atoms with Gasteiger partial charge in [0.2, 0.25) is 0 Å². The van der Waals surface area contributed by atoms with E-state index in [0.29, 0.717) is 11.9 Å². The number of aromatic nitrogens is 2. The minimum Gasteiger partial charge on any atom is -0.375 e. The summed E-state index contributed by atoms with van der Waals surface area (Å²) in [5, 5.41) is 4.59. The topological polar surface area (TPSA) is 62.3 Å². The van der Waals surface area contributed by atoms with E-state index in [1.54, 1.807) is 10.8 Å². The Morgan fingerprint density at radius 1 is 1.11 bits per heavy atom. The summed E-state index contributed by atoms with van der Waals surface area (Å²) >= 11 is 0. The Kier molecular flexibility index (Phi) is 11.4. The molecule has 0 aliphatic carbocycles. The van der Waals surface area contributed by atoms with Crippen LogP contribution >= 0.6 is 0 Å². The number of hydrogen-bond acceptors (Lipinski definition) is 5. The first-order valence-electron chi connectivity index (χ1n) is 12.6. The summed E-state index contributed by atoms with van der Waals surface area (Å²) in [6.45, 7) is 33.3. The van der Waals surface area contributed by atoms with Crippen LogP contribution in [-0.4, -0.2) is 39.6 Å². The highest BCUT2D eigenvalue weighted by Crippen LogP contribution is 2.55. The van der Waals surface area contributed by atoms with Gasteiger partial charge in [-0.15, -0.1) is 0 Å². The number of imidazole rings is 1. The van der Waals surface area contributed by atoms with E-state index in [9.17, 15) is 0 Å². The average Bonchev–Trinajstić information content (AvgIpc) is 3.27. The number of nitrogens with two attached hydrogens (primary N) is 1. The minimum absolute atomic E-state index is 0.182. The zero-order valence-corrected chi connectivity index (χ0v) is 22.8. The third kappa shape index (κ3) is 5.81. The lowest BCUT2D eigenvalue weighted by molar-refractivity contribution is 0.179. The SMILES string of the molecule is C=C/C=C1\C(=C)C2(CCN(C(=C)NC)CC2)C(=C)N1Cc1n/c(=C/C=C\C)c(=C)n1N.CC.CC. The Labute approximate surface area is 212 Å². The molecule has 0 aromatic carbocycles. The molecule has 2 fully saturated rings. The molecule has 2 aliphatic heterocycles. The summed E-state index contributed by atoms with van der Waals surface area (Å²) in [5.74, 6) is 7.97. The second-order valence-corrected chi connectivity index (χ2v) is 7.99. The highest BCUT2D eigenvalue weighted by Gasteiger charge is 2.49. The maximum absolute atomic E-state index is 6.30. The quantitative estimate of drug-likeness (QED) is 0.602. The van der Waals surface area contributed by atoms with Gasteiger partial charge in [0.1, 0.15) is 5.82 Å². The predicted octanol–water partition coefficient (Wildman–Crippen LogP) is 4.14. The van der Waals surface area contributed by atoms with Gasteiger partial charge in [0.25, 0.3) is 0 Å². The lowest BCUT2D eigenvalue weighted by Crippen LogP contribution is -2.42. The minimum atomic E-state index is -0.182. The molecule has 0 unspecified atom stereocenters. The number of nitrogens with one attached hydrogen (secondary N) is 1. The van der Waals surface area contributed by atoms with Gasteiger partial charge in [-0.3, -0.25) is 0 Å². The van der Waals surface area contributed by atoms with Gasteiger partial charge in [-0.25, -0.2) is 9.66 Å². The molecule has 35 heavy (non-hydrogen) atoms. The molecule has 192 valence electrons. The first-order valence-corrected chi connectivity index (χ1v) is 12.6. The molecule has 3 heterocycles. The molecular weight excluding hydrogens is 432 g/mol. The summed E-state index contributed by atoms with van der Waals surface area (Å²) in [7, 11) is 1.90. The number of piperidine rings is 1. The van der Waals surface area contributed by atoms with E-state index >= 15 is 0 Å². The maximum atomic E-state index is 6.30. The summed E-state index contributed by atoms with van der Waals surface area (Å²) in [6.07, 6.45) is 11.4.